The standard InChI is InChI=1S/C44H48Cl2N6O3/c1-26-19-34(20-27(2)41(26)46)55-18-10-13-32(21-33-12-8-14-36-37(44(53)54)25-52(43(33)36)24-31-11-9-17-48-23-31)35-15-16-38(45)40(42(35)49-28(3)22-47-6)39-29(4)50-51(7)30(39)5/h8-9,11-12,14-17,19-21,23,25,28,47,49H,10,13,18,22,24H2,1-7H3,(H,53,54)/b32-21+/t28-/m1/s1. The Labute approximate surface area is 333 Å². The minimum Gasteiger partial charge on any atom is -0.494 e. The summed E-state index contributed by atoms with van der Waals surface area (Å²) in [7, 11) is 3.89. The number of allylic oxidation sites excluding steroid dienone is 1. The number of hydrogen-bond acceptors (Lipinski definition) is 6. The maximum absolute atomic E-state index is 12.6. The summed E-state index contributed by atoms with van der Waals surface area (Å²) in [6.45, 7) is 11.8. The molecular formula is C44H48Cl2N6O3. The summed E-state index contributed by atoms with van der Waals surface area (Å²) in [5, 5.41) is 24.2. The highest BCUT2D eigenvalue weighted by Gasteiger charge is 2.24. The van der Waals surface area contributed by atoms with E-state index in [0.29, 0.717) is 36.4 Å². The Hall–Kier alpha value is -5.09. The van der Waals surface area contributed by atoms with Gasteiger partial charge in [-0.25, -0.2) is 4.79 Å². The van der Waals surface area contributed by atoms with Crippen LogP contribution in [0.15, 0.2) is 73.2 Å². The molecule has 0 saturated heterocycles. The quantitative estimate of drug-likeness (QED) is 0.0704. The van der Waals surface area contributed by atoms with Gasteiger partial charge in [0.1, 0.15) is 5.75 Å². The van der Waals surface area contributed by atoms with Crippen LogP contribution in [0.25, 0.3) is 33.7 Å². The highest BCUT2D eigenvalue weighted by atomic mass is 35.5. The Morgan fingerprint density at radius 3 is 2.44 bits per heavy atom. The van der Waals surface area contributed by atoms with E-state index in [9.17, 15) is 9.90 Å². The third-order valence-electron chi connectivity index (χ3n) is 10.00. The smallest absolute Gasteiger partial charge is 0.337 e. The Morgan fingerprint density at radius 1 is 1.02 bits per heavy atom. The summed E-state index contributed by atoms with van der Waals surface area (Å²) in [6.07, 6.45) is 8.81. The van der Waals surface area contributed by atoms with Crippen molar-refractivity contribution in [2.75, 3.05) is 25.5 Å². The molecule has 9 nitrogen and oxygen atoms in total. The Bertz CT molecular complexity index is 2360. The fourth-order valence-corrected chi connectivity index (χ4v) is 7.74. The molecule has 6 rings (SSSR count). The Kier molecular flexibility index (Phi) is 12.3. The van der Waals surface area contributed by atoms with E-state index in [-0.39, 0.29) is 11.6 Å². The van der Waals surface area contributed by atoms with E-state index in [0.717, 1.165) is 84.4 Å². The summed E-state index contributed by atoms with van der Waals surface area (Å²) in [5.41, 5.74) is 11.6. The summed E-state index contributed by atoms with van der Waals surface area (Å²) < 4.78 is 10.2. The molecule has 0 spiro atoms. The predicted molar refractivity (Wildman–Crippen MR) is 226 cm³/mol. The lowest BCUT2D eigenvalue weighted by molar-refractivity contribution is 0.0698. The van der Waals surface area contributed by atoms with E-state index >= 15 is 0 Å². The number of rotatable bonds is 15. The van der Waals surface area contributed by atoms with E-state index in [4.69, 9.17) is 33.0 Å². The van der Waals surface area contributed by atoms with Gasteiger partial charge >= 0.3 is 5.97 Å². The number of halogens is 2. The molecular weight excluding hydrogens is 731 g/mol. The van der Waals surface area contributed by atoms with E-state index in [2.05, 4.69) is 41.6 Å². The predicted octanol–water partition coefficient (Wildman–Crippen LogP) is 10.1. The van der Waals surface area contributed by atoms with Crippen LogP contribution in [-0.2, 0) is 13.6 Å². The van der Waals surface area contributed by atoms with Crippen LogP contribution in [0.5, 0.6) is 5.75 Å². The number of pyridine rings is 1. The first-order valence-corrected chi connectivity index (χ1v) is 19.2. The van der Waals surface area contributed by atoms with Gasteiger partial charge in [0, 0.05) is 77.6 Å². The molecule has 0 radical (unpaired) electrons. The maximum atomic E-state index is 12.6. The van der Waals surface area contributed by atoms with Crippen LogP contribution in [0.4, 0.5) is 5.69 Å². The van der Waals surface area contributed by atoms with Crippen molar-refractivity contribution in [2.24, 2.45) is 7.05 Å². The number of fused-ring (bicyclic) bond motifs is 1. The largest absolute Gasteiger partial charge is 0.494 e. The van der Waals surface area contributed by atoms with Gasteiger partial charge in [0.15, 0.2) is 0 Å². The van der Waals surface area contributed by atoms with Crippen LogP contribution in [0, 0.1) is 27.7 Å². The van der Waals surface area contributed by atoms with Gasteiger partial charge in [-0.05, 0) is 113 Å². The lowest BCUT2D eigenvalue weighted by Gasteiger charge is -2.24. The number of ether oxygens (including phenoxy) is 1. The van der Waals surface area contributed by atoms with E-state index in [1.54, 1.807) is 12.4 Å². The van der Waals surface area contributed by atoms with Gasteiger partial charge < -0.3 is 25.0 Å². The Balaban J connectivity index is 1.54. The van der Waals surface area contributed by atoms with Gasteiger partial charge in [-0.1, -0.05) is 53.5 Å². The van der Waals surface area contributed by atoms with Crippen molar-refractivity contribution in [1.82, 2.24) is 24.6 Å². The zero-order valence-electron chi connectivity index (χ0n) is 32.4. The molecule has 0 amide bonds. The van der Waals surface area contributed by atoms with Crippen molar-refractivity contribution in [2.45, 2.75) is 60.0 Å². The number of likely N-dealkylation sites (N-methyl/N-ethyl adjacent to an activating group) is 1. The van der Waals surface area contributed by atoms with E-state index < -0.39 is 5.97 Å². The van der Waals surface area contributed by atoms with Crippen molar-refractivity contribution < 1.29 is 14.6 Å². The summed E-state index contributed by atoms with van der Waals surface area (Å²) >= 11 is 13.6. The number of carbonyl (C=O) groups is 1. The minimum atomic E-state index is -0.976. The molecule has 3 heterocycles. The average Bonchev–Trinajstić information content (AvgIpc) is 3.64. The lowest BCUT2D eigenvalue weighted by atomic mass is 9.91. The first kappa shape index (κ1) is 39.6. The zero-order valence-corrected chi connectivity index (χ0v) is 33.9. The van der Waals surface area contributed by atoms with E-state index in [1.165, 1.54) is 0 Å². The van der Waals surface area contributed by atoms with Gasteiger partial charge in [-0.2, -0.15) is 5.10 Å². The molecule has 6 aromatic rings. The van der Waals surface area contributed by atoms with Gasteiger partial charge in [-0.3, -0.25) is 9.67 Å². The van der Waals surface area contributed by atoms with Crippen molar-refractivity contribution in [3.63, 3.8) is 0 Å². The monoisotopic (exact) mass is 778 g/mol. The summed E-state index contributed by atoms with van der Waals surface area (Å²) in [6, 6.07) is 17.8. The number of anilines is 1. The number of carboxylic acids is 1. The molecule has 0 bridgehead atoms. The van der Waals surface area contributed by atoms with Crippen molar-refractivity contribution in [3.8, 4) is 16.9 Å². The van der Waals surface area contributed by atoms with Crippen LogP contribution >= 0.6 is 23.2 Å². The topological polar surface area (TPSA) is 106 Å². The van der Waals surface area contributed by atoms with Crippen molar-refractivity contribution in [3.05, 3.63) is 128 Å². The first-order chi connectivity index (χ1) is 26.4. The number of aromatic carboxylic acids is 1. The molecule has 3 aromatic carbocycles. The molecule has 0 saturated carbocycles. The van der Waals surface area contributed by atoms with Gasteiger partial charge in [0.05, 0.1) is 34.1 Å². The molecule has 3 N–H and O–H groups in total. The molecule has 286 valence electrons. The highest BCUT2D eigenvalue weighted by Crippen LogP contribution is 2.44. The second-order valence-electron chi connectivity index (χ2n) is 14.2. The molecule has 0 fully saturated rings. The lowest BCUT2D eigenvalue weighted by Crippen LogP contribution is -2.28. The molecule has 11 heteroatoms. The van der Waals surface area contributed by atoms with Crippen LogP contribution in [0.2, 0.25) is 10.0 Å². The van der Waals surface area contributed by atoms with E-state index in [1.807, 2.05) is 98.8 Å². The number of aromatic nitrogens is 4. The third-order valence-corrected chi connectivity index (χ3v) is 10.9. The Morgan fingerprint density at radius 2 is 1.78 bits per heavy atom. The average molecular weight is 780 g/mol. The first-order valence-electron chi connectivity index (χ1n) is 18.5. The van der Waals surface area contributed by atoms with Crippen LogP contribution in [0.3, 0.4) is 0 Å². The normalized spacial score (nSPS) is 12.3. The molecule has 3 aromatic heterocycles. The molecule has 0 aliphatic carbocycles. The number of benzene rings is 3. The number of nitrogens with zero attached hydrogens (tertiary/aromatic N) is 4. The van der Waals surface area contributed by atoms with Crippen molar-refractivity contribution >= 4 is 57.4 Å². The number of hydrogen-bond donors (Lipinski definition) is 3. The molecule has 0 aliphatic heterocycles. The molecule has 0 aliphatic rings. The van der Waals surface area contributed by atoms with Gasteiger partial charge in [0.25, 0.3) is 0 Å². The fourth-order valence-electron chi connectivity index (χ4n) is 7.38. The second-order valence-corrected chi connectivity index (χ2v) is 15.0. The zero-order chi connectivity index (χ0) is 39.4. The summed E-state index contributed by atoms with van der Waals surface area (Å²) in [4.78, 5) is 16.9. The van der Waals surface area contributed by atoms with Gasteiger partial charge in [0.2, 0.25) is 0 Å². The number of carboxylic acid groups (broad SMARTS) is 1. The second kappa shape index (κ2) is 17.1. The highest BCUT2D eigenvalue weighted by molar-refractivity contribution is 6.34. The number of nitrogens with one attached hydrogen (secondary N) is 2. The molecule has 0 unspecified atom stereocenters. The van der Waals surface area contributed by atoms with Gasteiger partial charge in [-0.15, -0.1) is 0 Å². The SMILES string of the molecule is CNC[C@@H](C)Nc1c(/C(=C/c2cccc3c(C(=O)O)cn(Cc4cccnc4)c23)CCCOc2cc(C)c(Cl)c(C)c2)ccc(Cl)c1-c1c(C)nn(C)c1C. The maximum Gasteiger partial charge on any atom is 0.337 e. The summed E-state index contributed by atoms with van der Waals surface area (Å²) in [5.74, 6) is -0.195. The van der Waals surface area contributed by atoms with Crippen molar-refractivity contribution in [1.29, 1.82) is 0 Å². The third kappa shape index (κ3) is 8.59. The minimum absolute atomic E-state index is 0.0532. The van der Waals surface area contributed by atoms with Crippen LogP contribution in [0.1, 0.15) is 69.3 Å². The van der Waals surface area contributed by atoms with Crippen LogP contribution < -0.4 is 15.4 Å². The molecule has 1 atom stereocenters. The number of aryl methyl sites for hydroxylation is 4. The molecule has 55 heavy (non-hydrogen) atoms. The number of para-hydroxylation sites is 1. The van der Waals surface area contributed by atoms with Crippen LogP contribution in [-0.4, -0.2) is 56.6 Å². The fraction of sp³-hybridized carbons (Fsp3) is 0.295.